The number of carbonyl (C=O) groups is 1. The molecule has 0 aliphatic rings. The van der Waals surface area contributed by atoms with Crippen LogP contribution in [0.15, 0.2) is 18.2 Å². The summed E-state index contributed by atoms with van der Waals surface area (Å²) in [7, 11) is 0. The van der Waals surface area contributed by atoms with E-state index in [9.17, 15) is 20.0 Å². The van der Waals surface area contributed by atoms with E-state index in [1.165, 1.54) is 12.1 Å². The average molecular weight is 268 g/mol. The summed E-state index contributed by atoms with van der Waals surface area (Å²) in [5, 5.41) is 31.9. The highest BCUT2D eigenvalue weighted by atomic mass is 16.6. The number of aliphatic hydroxyl groups is 1. The molecular formula is C12H16N2O5. The minimum Gasteiger partial charge on any atom is -0.477 e. The number of carboxylic acids is 1. The van der Waals surface area contributed by atoms with Crippen LogP contribution in [0.5, 0.6) is 0 Å². The topological polar surface area (TPSA) is 113 Å². The lowest BCUT2D eigenvalue weighted by Gasteiger charge is -2.28. The lowest BCUT2D eigenvalue weighted by Crippen LogP contribution is -2.37. The van der Waals surface area contributed by atoms with Gasteiger partial charge in [-0.2, -0.15) is 0 Å². The maximum atomic E-state index is 11.0. The van der Waals surface area contributed by atoms with E-state index >= 15 is 0 Å². The Morgan fingerprint density at radius 1 is 1.53 bits per heavy atom. The number of nitro groups is 1. The van der Waals surface area contributed by atoms with E-state index in [0.717, 1.165) is 6.07 Å². The van der Waals surface area contributed by atoms with Gasteiger partial charge in [0.1, 0.15) is 5.56 Å². The second-order valence-corrected chi connectivity index (χ2v) is 4.49. The van der Waals surface area contributed by atoms with Gasteiger partial charge in [-0.25, -0.2) is 4.79 Å². The van der Waals surface area contributed by atoms with E-state index in [1.807, 2.05) is 6.92 Å². The van der Waals surface area contributed by atoms with Crippen LogP contribution in [0.4, 0.5) is 11.4 Å². The number of aromatic carboxylic acids is 1. The third-order valence-electron chi connectivity index (χ3n) is 3.00. The van der Waals surface area contributed by atoms with Crippen molar-refractivity contribution in [3.05, 3.63) is 33.9 Å². The lowest BCUT2D eigenvalue weighted by molar-refractivity contribution is -0.385. The molecule has 7 heteroatoms. The third kappa shape index (κ3) is 3.41. The number of aliphatic hydroxyl groups excluding tert-OH is 1. The molecule has 0 radical (unpaired) electrons. The van der Waals surface area contributed by atoms with Gasteiger partial charge in [-0.05, 0) is 25.5 Å². The normalized spacial score (nSPS) is 13.6. The molecule has 104 valence electrons. The van der Waals surface area contributed by atoms with Crippen molar-refractivity contribution in [3.8, 4) is 0 Å². The smallest absolute Gasteiger partial charge is 0.342 e. The summed E-state index contributed by atoms with van der Waals surface area (Å²) < 4.78 is 0. The van der Waals surface area contributed by atoms with Crippen molar-refractivity contribution in [2.45, 2.75) is 25.8 Å². The number of benzene rings is 1. The minimum absolute atomic E-state index is 0.136. The number of nitrogens with one attached hydrogen (secondary N) is 1. The van der Waals surface area contributed by atoms with Crippen LogP contribution in [0.2, 0.25) is 0 Å². The minimum atomic E-state index is -1.36. The fourth-order valence-electron chi connectivity index (χ4n) is 1.53. The first kappa shape index (κ1) is 14.9. The summed E-state index contributed by atoms with van der Waals surface area (Å²) in [6, 6.07) is 3.76. The predicted molar refractivity (Wildman–Crippen MR) is 69.5 cm³/mol. The number of rotatable bonds is 6. The average Bonchev–Trinajstić information content (AvgIpc) is 2.38. The molecule has 1 rings (SSSR count). The van der Waals surface area contributed by atoms with E-state index in [2.05, 4.69) is 5.32 Å². The summed E-state index contributed by atoms with van der Waals surface area (Å²) in [4.78, 5) is 21.0. The molecule has 1 aromatic carbocycles. The molecule has 3 N–H and O–H groups in total. The van der Waals surface area contributed by atoms with Crippen LogP contribution in [-0.4, -0.2) is 33.3 Å². The Kier molecular flexibility index (Phi) is 4.44. The summed E-state index contributed by atoms with van der Waals surface area (Å²) >= 11 is 0. The van der Waals surface area contributed by atoms with Gasteiger partial charge in [-0.3, -0.25) is 10.1 Å². The first-order chi connectivity index (χ1) is 8.83. The van der Waals surface area contributed by atoms with Crippen LogP contribution in [-0.2, 0) is 0 Å². The molecule has 1 aromatic rings. The van der Waals surface area contributed by atoms with E-state index < -0.39 is 22.1 Å². The molecule has 0 heterocycles. The zero-order valence-electron chi connectivity index (χ0n) is 10.7. The van der Waals surface area contributed by atoms with Gasteiger partial charge in [0.2, 0.25) is 0 Å². The fraction of sp³-hybridized carbons (Fsp3) is 0.417. The van der Waals surface area contributed by atoms with Crippen LogP contribution >= 0.6 is 0 Å². The highest BCUT2D eigenvalue weighted by Gasteiger charge is 2.24. The number of hydrogen-bond acceptors (Lipinski definition) is 5. The van der Waals surface area contributed by atoms with E-state index in [-0.39, 0.29) is 12.2 Å². The molecule has 0 amide bonds. The molecule has 7 nitrogen and oxygen atoms in total. The van der Waals surface area contributed by atoms with Gasteiger partial charge < -0.3 is 15.5 Å². The zero-order valence-corrected chi connectivity index (χ0v) is 10.7. The van der Waals surface area contributed by atoms with Gasteiger partial charge in [0.25, 0.3) is 5.69 Å². The van der Waals surface area contributed by atoms with Gasteiger partial charge in [-0.15, -0.1) is 0 Å². The Labute approximate surface area is 110 Å². The summed E-state index contributed by atoms with van der Waals surface area (Å²) in [6.07, 6.45) is 0.614. The molecule has 0 aliphatic heterocycles. The highest BCUT2D eigenvalue weighted by molar-refractivity contribution is 5.93. The van der Waals surface area contributed by atoms with Crippen molar-refractivity contribution in [2.24, 2.45) is 0 Å². The molecule has 1 unspecified atom stereocenters. The maximum Gasteiger partial charge on any atom is 0.342 e. The van der Waals surface area contributed by atoms with E-state index in [4.69, 9.17) is 5.11 Å². The molecule has 1 atom stereocenters. The number of anilines is 1. The zero-order chi connectivity index (χ0) is 14.6. The Balaban J connectivity index is 3.16. The standard InChI is InChI=1S/C12H16N2O5/c1-3-12(2,7-15)13-8-4-5-10(14(18)19)9(6-8)11(16)17/h4-6,13,15H,3,7H2,1-2H3,(H,16,17). The van der Waals surface area contributed by atoms with Crippen molar-refractivity contribution < 1.29 is 19.9 Å². The van der Waals surface area contributed by atoms with Crippen LogP contribution in [0.1, 0.15) is 30.6 Å². The van der Waals surface area contributed by atoms with Gasteiger partial charge in [0.05, 0.1) is 17.1 Å². The maximum absolute atomic E-state index is 11.0. The second-order valence-electron chi connectivity index (χ2n) is 4.49. The molecule has 0 aliphatic carbocycles. The first-order valence-electron chi connectivity index (χ1n) is 5.73. The van der Waals surface area contributed by atoms with Crippen LogP contribution in [0.25, 0.3) is 0 Å². The number of hydrogen-bond donors (Lipinski definition) is 3. The fourth-order valence-corrected chi connectivity index (χ4v) is 1.53. The summed E-state index contributed by atoms with van der Waals surface area (Å²) in [5.41, 5.74) is -1.03. The number of carboxylic acid groups (broad SMARTS) is 1. The lowest BCUT2D eigenvalue weighted by atomic mass is 9.99. The monoisotopic (exact) mass is 268 g/mol. The first-order valence-corrected chi connectivity index (χ1v) is 5.73. The van der Waals surface area contributed by atoms with Crippen molar-refractivity contribution in [1.82, 2.24) is 0 Å². The summed E-state index contributed by atoms with van der Waals surface area (Å²) in [6.45, 7) is 3.50. The predicted octanol–water partition coefficient (Wildman–Crippen LogP) is 1.87. The van der Waals surface area contributed by atoms with Gasteiger partial charge in [0.15, 0.2) is 0 Å². The van der Waals surface area contributed by atoms with Crippen LogP contribution in [0, 0.1) is 10.1 Å². The Hall–Kier alpha value is -2.15. The van der Waals surface area contributed by atoms with Gasteiger partial charge >= 0.3 is 5.97 Å². The van der Waals surface area contributed by atoms with Crippen LogP contribution < -0.4 is 5.32 Å². The highest BCUT2D eigenvalue weighted by Crippen LogP contribution is 2.25. The van der Waals surface area contributed by atoms with Crippen molar-refractivity contribution in [2.75, 3.05) is 11.9 Å². The van der Waals surface area contributed by atoms with Crippen LogP contribution in [0.3, 0.4) is 0 Å². The number of nitrogens with zero attached hydrogens (tertiary/aromatic N) is 1. The molecule has 0 bridgehead atoms. The van der Waals surface area contributed by atoms with E-state index in [0.29, 0.717) is 12.1 Å². The molecule has 0 saturated carbocycles. The van der Waals surface area contributed by atoms with Gasteiger partial charge in [-0.1, -0.05) is 6.92 Å². The van der Waals surface area contributed by atoms with Crippen molar-refractivity contribution >= 4 is 17.3 Å². The Morgan fingerprint density at radius 2 is 2.16 bits per heavy atom. The quantitative estimate of drug-likeness (QED) is 0.536. The Morgan fingerprint density at radius 3 is 2.58 bits per heavy atom. The largest absolute Gasteiger partial charge is 0.477 e. The summed E-state index contributed by atoms with van der Waals surface area (Å²) in [5.74, 6) is -1.36. The molecule has 19 heavy (non-hydrogen) atoms. The SMILES string of the molecule is CCC(C)(CO)Nc1ccc([N+](=O)[O-])c(C(=O)O)c1. The molecular weight excluding hydrogens is 252 g/mol. The van der Waals surface area contributed by atoms with Crippen molar-refractivity contribution in [3.63, 3.8) is 0 Å². The molecule has 0 fully saturated rings. The molecule has 0 aromatic heterocycles. The second kappa shape index (κ2) is 5.66. The van der Waals surface area contributed by atoms with Gasteiger partial charge in [0, 0.05) is 11.8 Å². The number of nitro benzene ring substituents is 1. The third-order valence-corrected chi connectivity index (χ3v) is 3.00. The van der Waals surface area contributed by atoms with E-state index in [1.54, 1.807) is 6.92 Å². The van der Waals surface area contributed by atoms with Crippen molar-refractivity contribution in [1.29, 1.82) is 0 Å². The molecule has 0 spiro atoms. The molecule has 0 saturated heterocycles. The Bertz CT molecular complexity index is 497.